The number of aryl methyl sites for hydroxylation is 1. The number of H-pyrrole nitrogens is 1. The van der Waals surface area contributed by atoms with Gasteiger partial charge in [-0.25, -0.2) is 4.98 Å². The van der Waals surface area contributed by atoms with Crippen LogP contribution in [0.1, 0.15) is 51.1 Å². The lowest BCUT2D eigenvalue weighted by Crippen LogP contribution is -2.34. The number of rotatable bonds is 5. The Kier molecular flexibility index (Phi) is 5.81. The van der Waals surface area contributed by atoms with Crippen molar-refractivity contribution >= 4 is 22.8 Å². The molecule has 0 aliphatic heterocycles. The normalized spacial score (nSPS) is 15.6. The highest BCUT2D eigenvalue weighted by Crippen LogP contribution is 2.38. The zero-order chi connectivity index (χ0) is 19.5. The Labute approximate surface area is 170 Å². The Morgan fingerprint density at radius 1 is 1.11 bits per heavy atom. The second-order valence-electron chi connectivity index (χ2n) is 7.57. The smallest absolute Gasteiger partial charge is 0.326 e. The predicted octanol–water partition coefficient (Wildman–Crippen LogP) is 5.88. The third-order valence-corrected chi connectivity index (χ3v) is 6.44. The Morgan fingerprint density at radius 3 is 2.64 bits per heavy atom. The summed E-state index contributed by atoms with van der Waals surface area (Å²) in [7, 11) is 0. The van der Waals surface area contributed by atoms with Crippen LogP contribution in [0.25, 0.3) is 22.2 Å². The van der Waals surface area contributed by atoms with Crippen LogP contribution in [0.15, 0.2) is 41.4 Å². The van der Waals surface area contributed by atoms with Gasteiger partial charge >= 0.3 is 5.65 Å². The van der Waals surface area contributed by atoms with Gasteiger partial charge in [-0.15, -0.1) is 11.8 Å². The molecule has 5 heteroatoms. The molecule has 2 aromatic heterocycles. The lowest BCUT2D eigenvalue weighted by molar-refractivity contribution is -0.889. The van der Waals surface area contributed by atoms with Crippen molar-refractivity contribution in [3.8, 4) is 16.9 Å². The minimum Gasteiger partial charge on any atom is -0.490 e. The van der Waals surface area contributed by atoms with Crippen molar-refractivity contribution in [1.82, 2.24) is 4.98 Å². The van der Waals surface area contributed by atoms with E-state index in [1.54, 1.807) is 0 Å². The van der Waals surface area contributed by atoms with Crippen molar-refractivity contribution in [3.05, 3.63) is 42.2 Å². The van der Waals surface area contributed by atoms with Gasteiger partial charge in [0.2, 0.25) is 0 Å². The minimum absolute atomic E-state index is 0.292. The van der Waals surface area contributed by atoms with E-state index in [0.717, 1.165) is 46.6 Å². The molecule has 1 aromatic carbocycles. The molecule has 0 bridgehead atoms. The van der Waals surface area contributed by atoms with Gasteiger partial charge in [-0.1, -0.05) is 19.8 Å². The molecule has 2 N–H and O–H groups in total. The number of hydrogen-bond donors (Lipinski definition) is 2. The largest absolute Gasteiger partial charge is 0.490 e. The maximum Gasteiger partial charge on any atom is 0.326 e. The molecule has 0 saturated heterocycles. The maximum atomic E-state index is 10.4. The molecular weight excluding hydrogens is 368 g/mol. The molecule has 4 rings (SSSR count). The quantitative estimate of drug-likeness (QED) is 0.245. The zero-order valence-corrected chi connectivity index (χ0v) is 17.5. The fourth-order valence-electron chi connectivity index (χ4n) is 4.12. The molecule has 0 spiro atoms. The monoisotopic (exact) mass is 397 g/mol. The second kappa shape index (κ2) is 8.48. The fourth-order valence-corrected chi connectivity index (χ4v) is 4.82. The number of thioether (sulfide) groups is 1. The van der Waals surface area contributed by atoms with Crippen LogP contribution in [-0.4, -0.2) is 22.0 Å². The van der Waals surface area contributed by atoms with Crippen molar-refractivity contribution in [1.29, 1.82) is 0 Å². The molecule has 148 valence electrons. The summed E-state index contributed by atoms with van der Waals surface area (Å²) in [6, 6.07) is 10.6. The third kappa shape index (κ3) is 3.86. The number of nitrogens with zero attached hydrogens (tertiary/aromatic N) is 1. The Hall–Kier alpha value is -2.14. The van der Waals surface area contributed by atoms with Crippen LogP contribution >= 0.6 is 11.8 Å². The molecule has 0 amide bonds. The van der Waals surface area contributed by atoms with Crippen molar-refractivity contribution in [2.24, 2.45) is 0 Å². The molecule has 4 nitrogen and oxygen atoms in total. The highest BCUT2D eigenvalue weighted by molar-refractivity contribution is 7.99. The van der Waals surface area contributed by atoms with Crippen LogP contribution < -0.4 is 9.47 Å². The number of fused-ring (bicyclic) bond motifs is 1. The van der Waals surface area contributed by atoms with E-state index in [1.165, 1.54) is 35.3 Å². The molecule has 0 atom stereocenters. The third-order valence-electron chi connectivity index (χ3n) is 5.56. The number of pyridine rings is 1. The summed E-state index contributed by atoms with van der Waals surface area (Å²) in [6.07, 6.45) is 9.57. The number of aromatic amines is 1. The van der Waals surface area contributed by atoms with E-state index in [9.17, 15) is 5.21 Å². The molecule has 1 aliphatic carbocycles. The molecule has 2 heterocycles. The SMILES string of the molecule is CCSc1ccc(OC2CCCCCC2)c(-c2cc(C)[n+](O)c3[nH]ccc23)c1. The fraction of sp³-hybridized carbons (Fsp3) is 0.435. The molecule has 1 fully saturated rings. The number of nitrogens with one attached hydrogen (secondary N) is 1. The summed E-state index contributed by atoms with van der Waals surface area (Å²) in [5.74, 6) is 1.98. The van der Waals surface area contributed by atoms with E-state index in [-0.39, 0.29) is 0 Å². The van der Waals surface area contributed by atoms with Crippen LogP contribution in [0.2, 0.25) is 0 Å². The van der Waals surface area contributed by atoms with Crippen LogP contribution in [0.5, 0.6) is 5.75 Å². The summed E-state index contributed by atoms with van der Waals surface area (Å²) in [5.41, 5.74) is 3.71. The molecule has 1 saturated carbocycles. The maximum absolute atomic E-state index is 10.4. The highest BCUT2D eigenvalue weighted by atomic mass is 32.2. The van der Waals surface area contributed by atoms with Gasteiger partial charge in [0, 0.05) is 22.9 Å². The number of aromatic nitrogens is 2. The van der Waals surface area contributed by atoms with Gasteiger partial charge in [0.05, 0.1) is 17.7 Å². The van der Waals surface area contributed by atoms with Gasteiger partial charge in [0.15, 0.2) is 0 Å². The standard InChI is InChI=1S/C23H28N2O2S/c1-3-28-18-10-11-22(27-17-8-6-4-5-7-9-17)21(15-18)20-14-16(2)25(26)23-19(20)12-13-24-23/h10-15,17,26H,3-9H2,1-2H3/p+1. The van der Waals surface area contributed by atoms with Crippen molar-refractivity contribution in [3.63, 3.8) is 0 Å². The van der Waals surface area contributed by atoms with E-state index < -0.39 is 0 Å². The van der Waals surface area contributed by atoms with E-state index >= 15 is 0 Å². The van der Waals surface area contributed by atoms with Crippen LogP contribution in [0, 0.1) is 6.92 Å². The highest BCUT2D eigenvalue weighted by Gasteiger charge is 2.21. The number of hydrogen-bond acceptors (Lipinski definition) is 3. The topological polar surface area (TPSA) is 49.1 Å². The van der Waals surface area contributed by atoms with Gasteiger partial charge in [0.25, 0.3) is 0 Å². The average molecular weight is 398 g/mol. The zero-order valence-electron chi connectivity index (χ0n) is 16.7. The Morgan fingerprint density at radius 2 is 1.89 bits per heavy atom. The first-order chi connectivity index (χ1) is 13.7. The van der Waals surface area contributed by atoms with Gasteiger partial charge in [0.1, 0.15) is 11.4 Å². The first kappa shape index (κ1) is 19.2. The lowest BCUT2D eigenvalue weighted by Gasteiger charge is -2.20. The average Bonchev–Trinajstić information content (AvgIpc) is 3.05. The van der Waals surface area contributed by atoms with E-state index in [1.807, 2.05) is 37.0 Å². The number of benzene rings is 1. The summed E-state index contributed by atoms with van der Waals surface area (Å²) < 4.78 is 7.78. The van der Waals surface area contributed by atoms with E-state index in [4.69, 9.17) is 4.74 Å². The lowest BCUT2D eigenvalue weighted by atomic mass is 10.0. The second-order valence-corrected chi connectivity index (χ2v) is 8.91. The van der Waals surface area contributed by atoms with Gasteiger partial charge < -0.3 is 9.94 Å². The summed E-state index contributed by atoms with van der Waals surface area (Å²) >= 11 is 1.84. The van der Waals surface area contributed by atoms with Crippen molar-refractivity contribution < 1.29 is 14.7 Å². The van der Waals surface area contributed by atoms with Gasteiger partial charge in [-0.05, 0) is 66.5 Å². The first-order valence-electron chi connectivity index (χ1n) is 10.3. The Balaban J connectivity index is 1.81. The molecule has 3 aromatic rings. The summed E-state index contributed by atoms with van der Waals surface area (Å²) in [6.45, 7) is 4.09. The molecule has 0 radical (unpaired) electrons. The van der Waals surface area contributed by atoms with Crippen molar-refractivity contribution in [2.75, 3.05) is 5.75 Å². The predicted molar refractivity (Wildman–Crippen MR) is 114 cm³/mol. The molecule has 1 aliphatic rings. The molecule has 28 heavy (non-hydrogen) atoms. The summed E-state index contributed by atoms with van der Waals surface area (Å²) in [4.78, 5) is 4.40. The minimum atomic E-state index is 0.292. The van der Waals surface area contributed by atoms with Crippen LogP contribution in [-0.2, 0) is 0 Å². The molecular formula is C23H29N2O2S+. The van der Waals surface area contributed by atoms with E-state index in [0.29, 0.717) is 11.8 Å². The number of ether oxygens (including phenoxy) is 1. The van der Waals surface area contributed by atoms with Gasteiger partial charge in [-0.3, -0.25) is 0 Å². The van der Waals surface area contributed by atoms with Gasteiger partial charge in [-0.2, -0.15) is 0 Å². The first-order valence-corrected chi connectivity index (χ1v) is 11.3. The van der Waals surface area contributed by atoms with E-state index in [2.05, 4.69) is 30.1 Å². The van der Waals surface area contributed by atoms with Crippen LogP contribution in [0.3, 0.4) is 0 Å². The van der Waals surface area contributed by atoms with Crippen molar-refractivity contribution in [2.45, 2.75) is 63.4 Å². The molecule has 0 unspecified atom stereocenters. The Bertz CT molecular complexity index is 959. The summed E-state index contributed by atoms with van der Waals surface area (Å²) in [5, 5.41) is 11.4. The van der Waals surface area contributed by atoms with Crippen LogP contribution in [0.4, 0.5) is 0 Å².